The van der Waals surface area contributed by atoms with E-state index < -0.39 is 17.9 Å². The summed E-state index contributed by atoms with van der Waals surface area (Å²) < 4.78 is 30.7. The lowest BCUT2D eigenvalue weighted by molar-refractivity contribution is -0.156. The molecule has 7 heteroatoms. The highest BCUT2D eigenvalue weighted by Crippen LogP contribution is 2.28. The van der Waals surface area contributed by atoms with Gasteiger partial charge in [-0.05, 0) is 38.5 Å². The number of aromatic nitrogens is 1. The Balaban J connectivity index is 1.58. The number of thiazole rings is 1. The number of aryl methyl sites for hydroxylation is 1. The molecule has 5 nitrogen and oxygen atoms in total. The van der Waals surface area contributed by atoms with Gasteiger partial charge in [-0.2, -0.15) is 0 Å². The van der Waals surface area contributed by atoms with Gasteiger partial charge >= 0.3 is 5.97 Å². The van der Waals surface area contributed by atoms with Gasteiger partial charge in [0.25, 0.3) is 0 Å². The van der Waals surface area contributed by atoms with E-state index in [1.807, 2.05) is 37.3 Å². The van der Waals surface area contributed by atoms with Crippen LogP contribution < -0.4 is 4.74 Å². The zero-order chi connectivity index (χ0) is 22.9. The normalized spacial score (nSPS) is 11.9. The van der Waals surface area contributed by atoms with Crippen LogP contribution in [0.15, 0.2) is 48.5 Å². The van der Waals surface area contributed by atoms with Crippen molar-refractivity contribution in [3.8, 4) is 16.3 Å². The topological polar surface area (TPSA) is 57.7 Å². The number of halogens is 1. The Kier molecular flexibility index (Phi) is 8.76. The van der Waals surface area contributed by atoms with E-state index >= 15 is 0 Å². The number of carbonyl (C=O) groups is 1. The van der Waals surface area contributed by atoms with E-state index in [9.17, 15) is 9.18 Å². The first-order valence-electron chi connectivity index (χ1n) is 10.7. The average molecular weight is 458 g/mol. The van der Waals surface area contributed by atoms with Crippen molar-refractivity contribution in [3.63, 3.8) is 0 Å². The number of nitrogens with zero attached hydrogens (tertiary/aromatic N) is 1. The van der Waals surface area contributed by atoms with Crippen LogP contribution in [0.3, 0.4) is 0 Å². The fraction of sp³-hybridized carbons (Fsp3) is 0.360. The number of hydrogen-bond acceptors (Lipinski definition) is 6. The summed E-state index contributed by atoms with van der Waals surface area (Å²) in [7, 11) is 0. The summed E-state index contributed by atoms with van der Waals surface area (Å²) in [5, 5.41) is 0.971. The number of carbonyl (C=O) groups excluding carboxylic acids is 1. The third kappa shape index (κ3) is 6.37. The molecule has 0 aliphatic rings. The summed E-state index contributed by atoms with van der Waals surface area (Å²) in [4.78, 5) is 17.9. The van der Waals surface area contributed by atoms with Crippen LogP contribution in [0.25, 0.3) is 10.6 Å². The maximum Gasteiger partial charge on any atom is 0.335 e. The molecule has 0 bridgehead atoms. The summed E-state index contributed by atoms with van der Waals surface area (Å²) >= 11 is 1.64. The van der Waals surface area contributed by atoms with Crippen LogP contribution in [0.2, 0.25) is 0 Å². The first-order chi connectivity index (χ1) is 15.5. The number of hydrogen-bond donors (Lipinski definition) is 0. The van der Waals surface area contributed by atoms with Crippen molar-refractivity contribution in [2.24, 2.45) is 0 Å². The summed E-state index contributed by atoms with van der Waals surface area (Å²) in [5.74, 6) is -0.737. The van der Waals surface area contributed by atoms with Gasteiger partial charge in [0.2, 0.25) is 0 Å². The molecule has 0 amide bonds. The van der Waals surface area contributed by atoms with Gasteiger partial charge in [0, 0.05) is 29.9 Å². The molecule has 170 valence electrons. The summed E-state index contributed by atoms with van der Waals surface area (Å²) in [6.45, 7) is 6.54. The van der Waals surface area contributed by atoms with E-state index in [2.05, 4.69) is 0 Å². The molecule has 2 aromatic carbocycles. The standard InChI is InChI=1S/C25H28FNO4S/c1-4-29-23(25(28)30-5-2)16-18-11-12-22(20(26)15-18)31-14-13-21-17(3)32-24(27-21)19-9-7-6-8-10-19/h6-12,15,23H,4-5,13-14,16H2,1-3H3. The first-order valence-corrected chi connectivity index (χ1v) is 11.5. The minimum absolute atomic E-state index is 0.175. The molecule has 0 saturated heterocycles. The lowest BCUT2D eigenvalue weighted by Crippen LogP contribution is -2.29. The molecular formula is C25H28FNO4S. The molecule has 0 aliphatic heterocycles. The molecule has 0 spiro atoms. The van der Waals surface area contributed by atoms with Crippen LogP contribution in [0.1, 0.15) is 30.0 Å². The molecule has 0 aliphatic carbocycles. The quantitative estimate of drug-likeness (QED) is 0.361. The predicted molar refractivity (Wildman–Crippen MR) is 124 cm³/mol. The summed E-state index contributed by atoms with van der Waals surface area (Å²) in [6, 6.07) is 14.7. The van der Waals surface area contributed by atoms with Crippen LogP contribution in [0.5, 0.6) is 5.75 Å². The lowest BCUT2D eigenvalue weighted by atomic mass is 10.1. The summed E-state index contributed by atoms with van der Waals surface area (Å²) in [5.41, 5.74) is 2.69. The Labute approximate surface area is 192 Å². The van der Waals surface area contributed by atoms with Gasteiger partial charge in [0.05, 0.1) is 18.9 Å². The molecular weight excluding hydrogens is 429 g/mol. The lowest BCUT2D eigenvalue weighted by Gasteiger charge is -2.16. The van der Waals surface area contributed by atoms with Gasteiger partial charge in [0.1, 0.15) is 5.01 Å². The van der Waals surface area contributed by atoms with Crippen molar-refractivity contribution in [1.82, 2.24) is 4.98 Å². The molecule has 3 rings (SSSR count). The second kappa shape index (κ2) is 11.7. The summed E-state index contributed by atoms with van der Waals surface area (Å²) in [6.07, 6.45) is 0.0769. The minimum Gasteiger partial charge on any atom is -0.490 e. The zero-order valence-corrected chi connectivity index (χ0v) is 19.4. The second-order valence-electron chi connectivity index (χ2n) is 7.15. The molecule has 32 heavy (non-hydrogen) atoms. The van der Waals surface area contributed by atoms with E-state index in [1.54, 1.807) is 37.3 Å². The Morgan fingerprint density at radius 2 is 1.91 bits per heavy atom. The smallest absolute Gasteiger partial charge is 0.335 e. The van der Waals surface area contributed by atoms with Crippen molar-refractivity contribution < 1.29 is 23.4 Å². The van der Waals surface area contributed by atoms with Crippen molar-refractivity contribution in [3.05, 3.63) is 70.5 Å². The van der Waals surface area contributed by atoms with Gasteiger partial charge in [-0.1, -0.05) is 36.4 Å². The van der Waals surface area contributed by atoms with Crippen LogP contribution in [-0.4, -0.2) is 36.9 Å². The number of esters is 1. The number of ether oxygens (including phenoxy) is 3. The Bertz CT molecular complexity index is 1020. The van der Waals surface area contributed by atoms with Crippen molar-refractivity contribution in [2.45, 2.75) is 39.7 Å². The van der Waals surface area contributed by atoms with E-state index in [0.29, 0.717) is 25.2 Å². The molecule has 0 fully saturated rings. The van der Waals surface area contributed by atoms with Crippen molar-refractivity contribution >= 4 is 17.3 Å². The molecule has 1 atom stereocenters. The van der Waals surface area contributed by atoms with Gasteiger partial charge in [0.15, 0.2) is 17.7 Å². The monoisotopic (exact) mass is 457 g/mol. The third-order valence-electron chi connectivity index (χ3n) is 4.84. The highest BCUT2D eigenvalue weighted by molar-refractivity contribution is 7.15. The number of benzene rings is 2. The molecule has 1 heterocycles. The van der Waals surface area contributed by atoms with Gasteiger partial charge < -0.3 is 14.2 Å². The fourth-order valence-corrected chi connectivity index (χ4v) is 4.24. The van der Waals surface area contributed by atoms with Crippen molar-refractivity contribution in [1.29, 1.82) is 0 Å². The maximum absolute atomic E-state index is 14.6. The second-order valence-corrected chi connectivity index (χ2v) is 8.35. The van der Waals surface area contributed by atoms with Crippen LogP contribution >= 0.6 is 11.3 Å². The highest BCUT2D eigenvalue weighted by atomic mass is 32.1. The Morgan fingerprint density at radius 1 is 1.12 bits per heavy atom. The van der Waals surface area contributed by atoms with E-state index in [1.165, 1.54) is 6.07 Å². The van der Waals surface area contributed by atoms with Gasteiger partial charge in [-0.25, -0.2) is 14.2 Å². The molecule has 0 N–H and O–H groups in total. The Morgan fingerprint density at radius 3 is 2.59 bits per heavy atom. The molecule has 1 unspecified atom stereocenters. The van der Waals surface area contributed by atoms with Crippen LogP contribution in [0.4, 0.5) is 4.39 Å². The largest absolute Gasteiger partial charge is 0.490 e. The molecule has 0 saturated carbocycles. The van der Waals surface area contributed by atoms with Gasteiger partial charge in [-0.3, -0.25) is 0 Å². The third-order valence-corrected chi connectivity index (χ3v) is 5.91. The SMILES string of the molecule is CCOC(=O)C(Cc1ccc(OCCc2nc(-c3ccccc3)sc2C)c(F)c1)OCC. The fourth-order valence-electron chi connectivity index (χ4n) is 3.27. The van der Waals surface area contributed by atoms with E-state index in [4.69, 9.17) is 19.2 Å². The molecule has 0 radical (unpaired) electrons. The van der Waals surface area contributed by atoms with Crippen LogP contribution in [0, 0.1) is 12.7 Å². The van der Waals surface area contributed by atoms with Gasteiger partial charge in [-0.15, -0.1) is 11.3 Å². The molecule has 1 aromatic heterocycles. The minimum atomic E-state index is -0.752. The van der Waals surface area contributed by atoms with E-state index in [0.717, 1.165) is 21.1 Å². The number of rotatable bonds is 11. The molecule has 3 aromatic rings. The highest BCUT2D eigenvalue weighted by Gasteiger charge is 2.21. The maximum atomic E-state index is 14.6. The van der Waals surface area contributed by atoms with Crippen LogP contribution in [-0.2, 0) is 27.1 Å². The zero-order valence-electron chi connectivity index (χ0n) is 18.6. The van der Waals surface area contributed by atoms with E-state index in [-0.39, 0.29) is 18.8 Å². The van der Waals surface area contributed by atoms with Crippen molar-refractivity contribution in [2.75, 3.05) is 19.8 Å². The predicted octanol–water partition coefficient (Wildman–Crippen LogP) is 5.39. The first kappa shape index (κ1) is 23.9. The Hall–Kier alpha value is -2.77. The average Bonchev–Trinajstić information content (AvgIpc) is 3.16.